The molecule has 154 valence electrons. The number of nitrogens with zero attached hydrogens (tertiary/aromatic N) is 1. The van der Waals surface area contributed by atoms with E-state index in [9.17, 15) is 4.79 Å². The fourth-order valence-electron chi connectivity index (χ4n) is 4.13. The molecule has 0 aromatic heterocycles. The van der Waals surface area contributed by atoms with Gasteiger partial charge >= 0.3 is 0 Å². The Hall–Kier alpha value is -2.78. The molecule has 0 saturated carbocycles. The van der Waals surface area contributed by atoms with Gasteiger partial charge in [0.15, 0.2) is 0 Å². The maximum atomic E-state index is 13.5. The number of amides is 1. The molecule has 30 heavy (non-hydrogen) atoms. The van der Waals surface area contributed by atoms with Gasteiger partial charge in [-0.1, -0.05) is 66.2 Å². The molecule has 0 aliphatic carbocycles. The number of halogens is 1. The summed E-state index contributed by atoms with van der Waals surface area (Å²) >= 11 is 6.04. The van der Waals surface area contributed by atoms with Gasteiger partial charge in [-0.3, -0.25) is 4.79 Å². The van der Waals surface area contributed by atoms with Gasteiger partial charge in [0.1, 0.15) is 5.75 Å². The van der Waals surface area contributed by atoms with Crippen molar-refractivity contribution >= 4 is 17.5 Å². The average molecular weight is 420 g/mol. The first-order valence-electron chi connectivity index (χ1n) is 10.6. The molecule has 1 amide bonds. The van der Waals surface area contributed by atoms with Crippen LogP contribution in [0.1, 0.15) is 36.0 Å². The van der Waals surface area contributed by atoms with E-state index in [1.54, 1.807) is 0 Å². The maximum Gasteiger partial charge on any atom is 0.254 e. The van der Waals surface area contributed by atoms with Crippen molar-refractivity contribution in [2.24, 2.45) is 0 Å². The monoisotopic (exact) mass is 419 g/mol. The minimum Gasteiger partial charge on any atom is -0.493 e. The van der Waals surface area contributed by atoms with Crippen LogP contribution in [0.2, 0.25) is 5.02 Å². The van der Waals surface area contributed by atoms with Crippen molar-refractivity contribution in [1.82, 2.24) is 4.90 Å². The summed E-state index contributed by atoms with van der Waals surface area (Å²) in [7, 11) is 0. The topological polar surface area (TPSA) is 29.5 Å². The van der Waals surface area contributed by atoms with Gasteiger partial charge in [0, 0.05) is 29.6 Å². The maximum absolute atomic E-state index is 13.5. The van der Waals surface area contributed by atoms with E-state index in [0.717, 1.165) is 54.7 Å². The number of ether oxygens (including phenoxy) is 1. The summed E-state index contributed by atoms with van der Waals surface area (Å²) in [5, 5.41) is 0.666. The molecule has 1 saturated heterocycles. The largest absolute Gasteiger partial charge is 0.493 e. The molecule has 0 spiro atoms. The van der Waals surface area contributed by atoms with Crippen LogP contribution in [0.4, 0.5) is 0 Å². The normalized spacial score (nSPS) is 16.3. The quantitative estimate of drug-likeness (QED) is 0.458. The fraction of sp³-hybridized carbons (Fsp3) is 0.269. The van der Waals surface area contributed by atoms with Crippen molar-refractivity contribution in [2.45, 2.75) is 31.7 Å². The van der Waals surface area contributed by atoms with Crippen LogP contribution in [-0.2, 0) is 0 Å². The van der Waals surface area contributed by atoms with Gasteiger partial charge in [0.05, 0.1) is 6.61 Å². The van der Waals surface area contributed by atoms with E-state index in [1.807, 2.05) is 71.6 Å². The van der Waals surface area contributed by atoms with Crippen LogP contribution in [0.25, 0.3) is 11.1 Å². The van der Waals surface area contributed by atoms with E-state index in [0.29, 0.717) is 11.6 Å². The predicted molar refractivity (Wildman–Crippen MR) is 122 cm³/mol. The van der Waals surface area contributed by atoms with Gasteiger partial charge in [0.25, 0.3) is 5.91 Å². The van der Waals surface area contributed by atoms with E-state index < -0.39 is 0 Å². The Balaban J connectivity index is 1.48. The molecule has 1 aliphatic heterocycles. The second-order valence-electron chi connectivity index (χ2n) is 7.65. The van der Waals surface area contributed by atoms with E-state index in [4.69, 9.17) is 16.3 Å². The summed E-state index contributed by atoms with van der Waals surface area (Å²) in [4.78, 5) is 15.6. The number of benzene rings is 3. The number of piperidine rings is 1. The van der Waals surface area contributed by atoms with Crippen molar-refractivity contribution in [2.75, 3.05) is 13.2 Å². The Morgan fingerprint density at radius 2 is 1.77 bits per heavy atom. The molecule has 0 bridgehead atoms. The lowest BCUT2D eigenvalue weighted by molar-refractivity contribution is 0.0581. The first-order chi connectivity index (χ1) is 14.7. The summed E-state index contributed by atoms with van der Waals surface area (Å²) in [5.74, 6) is 0.882. The zero-order valence-corrected chi connectivity index (χ0v) is 17.7. The molecule has 0 radical (unpaired) electrons. The summed E-state index contributed by atoms with van der Waals surface area (Å²) in [5.41, 5.74) is 2.83. The zero-order chi connectivity index (χ0) is 20.8. The van der Waals surface area contributed by atoms with Gasteiger partial charge < -0.3 is 9.64 Å². The van der Waals surface area contributed by atoms with Crippen LogP contribution in [-0.4, -0.2) is 30.0 Å². The number of hydrogen-bond donors (Lipinski definition) is 0. The number of rotatable bonds is 6. The molecule has 3 nitrogen and oxygen atoms in total. The van der Waals surface area contributed by atoms with Gasteiger partial charge in [-0.2, -0.15) is 0 Å². The second kappa shape index (κ2) is 9.82. The van der Waals surface area contributed by atoms with Crippen LogP contribution in [0.5, 0.6) is 5.75 Å². The van der Waals surface area contributed by atoms with E-state index >= 15 is 0 Å². The van der Waals surface area contributed by atoms with E-state index in [-0.39, 0.29) is 11.9 Å². The molecule has 1 heterocycles. The minimum absolute atomic E-state index is 0.113. The molecule has 1 atom stereocenters. The highest BCUT2D eigenvalue weighted by Gasteiger charge is 2.28. The molecule has 1 fully saturated rings. The third-order valence-electron chi connectivity index (χ3n) is 5.65. The first-order valence-corrected chi connectivity index (χ1v) is 10.9. The summed E-state index contributed by atoms with van der Waals surface area (Å²) < 4.78 is 5.89. The molecule has 3 aromatic carbocycles. The molecular weight excluding hydrogens is 394 g/mol. The van der Waals surface area contributed by atoms with Crippen molar-refractivity contribution in [3.8, 4) is 16.9 Å². The van der Waals surface area contributed by atoms with E-state index in [2.05, 4.69) is 12.1 Å². The lowest BCUT2D eigenvalue weighted by Crippen LogP contribution is -2.44. The Kier molecular flexibility index (Phi) is 6.70. The highest BCUT2D eigenvalue weighted by Crippen LogP contribution is 2.28. The molecule has 4 heteroatoms. The molecule has 1 aliphatic rings. The van der Waals surface area contributed by atoms with Crippen molar-refractivity contribution < 1.29 is 9.53 Å². The Morgan fingerprint density at radius 1 is 0.967 bits per heavy atom. The SMILES string of the molecule is O=C(c1ccccc1-c1ccccc1)N1CCCCC1CCOc1cccc(Cl)c1. The van der Waals surface area contributed by atoms with Crippen LogP contribution >= 0.6 is 11.6 Å². The Morgan fingerprint density at radius 3 is 2.60 bits per heavy atom. The van der Waals surface area contributed by atoms with Crippen molar-refractivity contribution in [3.05, 3.63) is 89.4 Å². The number of likely N-dealkylation sites (tertiary alicyclic amines) is 1. The van der Waals surface area contributed by atoms with Crippen LogP contribution in [0.3, 0.4) is 0 Å². The van der Waals surface area contributed by atoms with Gasteiger partial charge in [-0.15, -0.1) is 0 Å². The first kappa shape index (κ1) is 20.5. The number of carbonyl (C=O) groups excluding carboxylic acids is 1. The third kappa shape index (κ3) is 4.85. The second-order valence-corrected chi connectivity index (χ2v) is 8.09. The van der Waals surface area contributed by atoms with Crippen molar-refractivity contribution in [3.63, 3.8) is 0 Å². The van der Waals surface area contributed by atoms with E-state index in [1.165, 1.54) is 0 Å². The Labute approximate surface area is 183 Å². The summed E-state index contributed by atoms with van der Waals surface area (Å²) in [6.45, 7) is 1.36. The fourth-order valence-corrected chi connectivity index (χ4v) is 4.31. The molecule has 1 unspecified atom stereocenters. The smallest absolute Gasteiger partial charge is 0.254 e. The predicted octanol–water partition coefficient (Wildman–Crippen LogP) is 6.47. The van der Waals surface area contributed by atoms with Gasteiger partial charge in [0.2, 0.25) is 0 Å². The molecule has 0 N–H and O–H groups in total. The standard InChI is InChI=1S/C26H26ClNO2/c27-21-11-8-13-23(19-21)30-18-16-22-12-6-7-17-28(22)26(29)25-15-5-4-14-24(25)20-9-2-1-3-10-20/h1-5,8-11,13-15,19,22H,6-7,12,16-18H2. The minimum atomic E-state index is 0.113. The Bertz CT molecular complexity index is 989. The van der Waals surface area contributed by atoms with Gasteiger partial charge in [-0.05, 0) is 54.7 Å². The zero-order valence-electron chi connectivity index (χ0n) is 17.0. The molecular formula is C26H26ClNO2. The van der Waals surface area contributed by atoms with Crippen LogP contribution < -0.4 is 4.74 Å². The number of hydrogen-bond acceptors (Lipinski definition) is 2. The lowest BCUT2D eigenvalue weighted by atomic mass is 9.95. The summed E-state index contributed by atoms with van der Waals surface area (Å²) in [6, 6.07) is 25.7. The van der Waals surface area contributed by atoms with Gasteiger partial charge in [-0.25, -0.2) is 0 Å². The number of carbonyl (C=O) groups is 1. The lowest BCUT2D eigenvalue weighted by Gasteiger charge is -2.36. The highest BCUT2D eigenvalue weighted by atomic mass is 35.5. The highest BCUT2D eigenvalue weighted by molar-refractivity contribution is 6.30. The molecule has 4 rings (SSSR count). The van der Waals surface area contributed by atoms with Crippen LogP contribution in [0, 0.1) is 0 Å². The average Bonchev–Trinajstić information content (AvgIpc) is 2.80. The van der Waals surface area contributed by atoms with Crippen LogP contribution in [0.15, 0.2) is 78.9 Å². The van der Waals surface area contributed by atoms with Crippen molar-refractivity contribution in [1.29, 1.82) is 0 Å². The third-order valence-corrected chi connectivity index (χ3v) is 5.88. The summed E-state index contributed by atoms with van der Waals surface area (Å²) in [6.07, 6.45) is 4.01. The molecule has 3 aromatic rings.